The Morgan fingerprint density at radius 1 is 1.13 bits per heavy atom. The summed E-state index contributed by atoms with van der Waals surface area (Å²) < 4.78 is 0. The molecule has 0 aromatic rings. The Morgan fingerprint density at radius 3 is 2.20 bits per heavy atom. The number of piperazine rings is 1. The predicted molar refractivity (Wildman–Crippen MR) is 66.0 cm³/mol. The first-order valence-electron chi connectivity index (χ1n) is 6.35. The molecule has 1 saturated heterocycles. The molecule has 0 spiro atoms. The first-order chi connectivity index (χ1) is 7.13. The first kappa shape index (κ1) is 12.9. The van der Waals surface area contributed by atoms with Crippen molar-refractivity contribution in [2.75, 3.05) is 32.7 Å². The van der Waals surface area contributed by atoms with Crippen molar-refractivity contribution in [1.29, 1.82) is 0 Å². The highest BCUT2D eigenvalue weighted by Gasteiger charge is 2.20. The van der Waals surface area contributed by atoms with E-state index in [0.717, 1.165) is 6.42 Å². The summed E-state index contributed by atoms with van der Waals surface area (Å²) in [7, 11) is 0. The lowest BCUT2D eigenvalue weighted by Crippen LogP contribution is -2.50. The molecule has 2 N–H and O–H groups in total. The van der Waals surface area contributed by atoms with Crippen LogP contribution in [0.25, 0.3) is 0 Å². The summed E-state index contributed by atoms with van der Waals surface area (Å²) in [5.74, 6) is 0. The second kappa shape index (κ2) is 6.46. The van der Waals surface area contributed by atoms with E-state index in [4.69, 9.17) is 5.73 Å². The highest BCUT2D eigenvalue weighted by Crippen LogP contribution is 2.10. The van der Waals surface area contributed by atoms with Gasteiger partial charge in [-0.25, -0.2) is 0 Å². The molecule has 90 valence electrons. The van der Waals surface area contributed by atoms with Gasteiger partial charge in [0.25, 0.3) is 0 Å². The van der Waals surface area contributed by atoms with Gasteiger partial charge in [-0.2, -0.15) is 0 Å². The van der Waals surface area contributed by atoms with Crippen LogP contribution < -0.4 is 5.73 Å². The van der Waals surface area contributed by atoms with Crippen LogP contribution in [0.1, 0.15) is 33.6 Å². The highest BCUT2D eigenvalue weighted by molar-refractivity contribution is 4.77. The number of rotatable bonds is 5. The molecule has 3 heteroatoms. The molecule has 1 rings (SSSR count). The van der Waals surface area contributed by atoms with Gasteiger partial charge in [0.1, 0.15) is 0 Å². The van der Waals surface area contributed by atoms with Gasteiger partial charge >= 0.3 is 0 Å². The lowest BCUT2D eigenvalue weighted by atomic mass is 10.1. The van der Waals surface area contributed by atoms with Gasteiger partial charge < -0.3 is 10.6 Å². The predicted octanol–water partition coefficient (Wildman–Crippen LogP) is 1.14. The Hall–Kier alpha value is -0.120. The molecule has 0 saturated carbocycles. The van der Waals surface area contributed by atoms with Crippen LogP contribution in [0, 0.1) is 0 Å². The SMILES string of the molecule is CCCN1CCN(C(C)CC(C)N)CC1. The Kier molecular flexibility index (Phi) is 5.58. The van der Waals surface area contributed by atoms with E-state index in [-0.39, 0.29) is 0 Å². The van der Waals surface area contributed by atoms with E-state index in [1.54, 1.807) is 0 Å². The Bertz CT molecular complexity index is 162. The summed E-state index contributed by atoms with van der Waals surface area (Å²) in [4.78, 5) is 5.14. The third-order valence-corrected chi connectivity index (χ3v) is 3.28. The van der Waals surface area contributed by atoms with E-state index in [2.05, 4.69) is 30.6 Å². The van der Waals surface area contributed by atoms with Crippen LogP contribution in [0.5, 0.6) is 0 Å². The van der Waals surface area contributed by atoms with Gasteiger partial charge in [0.2, 0.25) is 0 Å². The summed E-state index contributed by atoms with van der Waals surface area (Å²) in [6, 6.07) is 0.974. The smallest absolute Gasteiger partial charge is 0.0113 e. The maximum absolute atomic E-state index is 5.84. The maximum Gasteiger partial charge on any atom is 0.0113 e. The molecule has 2 unspecified atom stereocenters. The molecule has 0 bridgehead atoms. The van der Waals surface area contributed by atoms with Crippen LogP contribution in [-0.4, -0.2) is 54.6 Å². The Labute approximate surface area is 94.6 Å². The number of hydrogen-bond acceptors (Lipinski definition) is 3. The Morgan fingerprint density at radius 2 is 1.73 bits per heavy atom. The van der Waals surface area contributed by atoms with Gasteiger partial charge in [0.15, 0.2) is 0 Å². The van der Waals surface area contributed by atoms with Crippen molar-refractivity contribution in [3.05, 3.63) is 0 Å². The van der Waals surface area contributed by atoms with Gasteiger partial charge in [-0.15, -0.1) is 0 Å². The van der Waals surface area contributed by atoms with E-state index in [1.165, 1.54) is 39.1 Å². The monoisotopic (exact) mass is 213 g/mol. The second-order valence-corrected chi connectivity index (χ2v) is 4.94. The van der Waals surface area contributed by atoms with Crippen LogP contribution >= 0.6 is 0 Å². The summed E-state index contributed by atoms with van der Waals surface area (Å²) >= 11 is 0. The summed E-state index contributed by atoms with van der Waals surface area (Å²) in [6.45, 7) is 12.8. The van der Waals surface area contributed by atoms with Crippen molar-refractivity contribution in [1.82, 2.24) is 9.80 Å². The van der Waals surface area contributed by atoms with Crippen molar-refractivity contribution in [3.8, 4) is 0 Å². The minimum absolute atomic E-state index is 0.327. The number of nitrogens with two attached hydrogens (primary N) is 1. The molecule has 1 heterocycles. The molecule has 15 heavy (non-hydrogen) atoms. The zero-order chi connectivity index (χ0) is 11.3. The zero-order valence-electron chi connectivity index (χ0n) is 10.6. The molecule has 0 amide bonds. The average molecular weight is 213 g/mol. The molecule has 1 aliphatic rings. The van der Waals surface area contributed by atoms with Crippen molar-refractivity contribution < 1.29 is 0 Å². The lowest BCUT2D eigenvalue weighted by molar-refractivity contribution is 0.0968. The van der Waals surface area contributed by atoms with E-state index in [0.29, 0.717) is 12.1 Å². The second-order valence-electron chi connectivity index (χ2n) is 4.94. The first-order valence-corrected chi connectivity index (χ1v) is 6.35. The van der Waals surface area contributed by atoms with Gasteiger partial charge in [-0.05, 0) is 33.2 Å². The minimum Gasteiger partial charge on any atom is -0.328 e. The lowest BCUT2D eigenvalue weighted by Gasteiger charge is -2.38. The van der Waals surface area contributed by atoms with Gasteiger partial charge in [-0.3, -0.25) is 4.90 Å². The zero-order valence-corrected chi connectivity index (χ0v) is 10.6. The normalized spacial score (nSPS) is 24.0. The van der Waals surface area contributed by atoms with E-state index in [1.807, 2.05) is 0 Å². The van der Waals surface area contributed by atoms with Gasteiger partial charge in [0.05, 0.1) is 0 Å². The molecule has 0 aromatic heterocycles. The largest absolute Gasteiger partial charge is 0.328 e. The molecule has 0 radical (unpaired) electrons. The molecule has 3 nitrogen and oxygen atoms in total. The fourth-order valence-electron chi connectivity index (χ4n) is 2.43. The van der Waals surface area contributed by atoms with Gasteiger partial charge in [-0.1, -0.05) is 6.92 Å². The minimum atomic E-state index is 0.327. The molecule has 0 aromatic carbocycles. The van der Waals surface area contributed by atoms with Crippen LogP contribution in [-0.2, 0) is 0 Å². The van der Waals surface area contributed by atoms with E-state index >= 15 is 0 Å². The maximum atomic E-state index is 5.84. The highest BCUT2D eigenvalue weighted by atomic mass is 15.3. The van der Waals surface area contributed by atoms with Crippen molar-refractivity contribution in [3.63, 3.8) is 0 Å². The summed E-state index contributed by atoms with van der Waals surface area (Å²) in [5, 5.41) is 0. The van der Waals surface area contributed by atoms with Crippen LogP contribution in [0.15, 0.2) is 0 Å². The molecule has 0 aliphatic carbocycles. The topological polar surface area (TPSA) is 32.5 Å². The molecular formula is C12H27N3. The molecule has 1 fully saturated rings. The molecule has 1 aliphatic heterocycles. The van der Waals surface area contributed by atoms with Crippen molar-refractivity contribution >= 4 is 0 Å². The van der Waals surface area contributed by atoms with Crippen molar-refractivity contribution in [2.45, 2.75) is 45.7 Å². The Balaban J connectivity index is 2.24. The van der Waals surface area contributed by atoms with E-state index < -0.39 is 0 Å². The van der Waals surface area contributed by atoms with Crippen LogP contribution in [0.2, 0.25) is 0 Å². The fraction of sp³-hybridized carbons (Fsp3) is 1.00. The van der Waals surface area contributed by atoms with Crippen LogP contribution in [0.3, 0.4) is 0 Å². The van der Waals surface area contributed by atoms with Crippen molar-refractivity contribution in [2.24, 2.45) is 5.73 Å². The van der Waals surface area contributed by atoms with Crippen LogP contribution in [0.4, 0.5) is 0 Å². The third kappa shape index (κ3) is 4.49. The fourth-order valence-corrected chi connectivity index (χ4v) is 2.43. The van der Waals surface area contributed by atoms with E-state index in [9.17, 15) is 0 Å². The summed E-state index contributed by atoms with van der Waals surface area (Å²) in [6.07, 6.45) is 2.39. The van der Waals surface area contributed by atoms with Gasteiger partial charge in [0, 0.05) is 38.3 Å². The third-order valence-electron chi connectivity index (χ3n) is 3.28. The standard InChI is InChI=1S/C12H27N3/c1-4-5-14-6-8-15(9-7-14)12(3)10-11(2)13/h11-12H,4-10,13H2,1-3H3. The molecular weight excluding hydrogens is 186 g/mol. The number of hydrogen-bond donors (Lipinski definition) is 1. The quantitative estimate of drug-likeness (QED) is 0.743. The average Bonchev–Trinajstić information content (AvgIpc) is 2.18. The summed E-state index contributed by atoms with van der Waals surface area (Å²) in [5.41, 5.74) is 5.84. The number of nitrogens with zero attached hydrogens (tertiary/aromatic N) is 2. The molecule has 2 atom stereocenters.